The van der Waals surface area contributed by atoms with Crippen LogP contribution in [0.15, 0.2) is 97.1 Å². The van der Waals surface area contributed by atoms with Gasteiger partial charge in [0.25, 0.3) is 0 Å². The Morgan fingerprint density at radius 1 is 0.508 bits per heavy atom. The molecule has 0 aliphatic heterocycles. The van der Waals surface area contributed by atoms with Crippen LogP contribution in [0.3, 0.4) is 0 Å². The first-order valence-electron chi connectivity index (χ1n) is 17.6. The van der Waals surface area contributed by atoms with E-state index in [0.717, 1.165) is 0 Å². The summed E-state index contributed by atoms with van der Waals surface area (Å²) in [5, 5.41) is 7.61. The molecule has 3 aromatic rings. The summed E-state index contributed by atoms with van der Waals surface area (Å²) < 4.78 is 48.1. The smallest absolute Gasteiger partial charge is 0.462 e. The highest BCUT2D eigenvalue weighted by atomic mass is 32.5. The van der Waals surface area contributed by atoms with Gasteiger partial charge in [-0.05, 0) is 86.6 Å². The molecule has 0 spiro atoms. The Balaban J connectivity index is 1.66. The molecule has 0 bridgehead atoms. The maximum atomic E-state index is 12.2. The Morgan fingerprint density at radius 3 is 1.05 bits per heavy atom. The molecule has 0 fully saturated rings. The Labute approximate surface area is 345 Å². The second-order valence-corrected chi connectivity index (χ2v) is 15.0. The van der Waals surface area contributed by atoms with Crippen molar-refractivity contribution in [3.05, 3.63) is 97.1 Å². The number of rotatable bonds is 21. The van der Waals surface area contributed by atoms with Crippen LogP contribution in [0.1, 0.15) is 27.7 Å². The first-order valence-corrected chi connectivity index (χ1v) is 20.2. The van der Waals surface area contributed by atoms with E-state index in [-0.39, 0.29) is 74.0 Å². The number of carbonyl (C=O) groups is 6. The summed E-state index contributed by atoms with van der Waals surface area (Å²) in [4.78, 5) is 71.2. The van der Waals surface area contributed by atoms with Crippen molar-refractivity contribution in [2.75, 3.05) is 55.6 Å². The molecule has 0 aliphatic rings. The first kappa shape index (κ1) is 46.8. The molecule has 0 atom stereocenters. The van der Waals surface area contributed by atoms with E-state index >= 15 is 0 Å². The maximum Gasteiger partial charge on any atom is 0.490 e. The molecule has 0 saturated heterocycles. The van der Waals surface area contributed by atoms with Crippen LogP contribution in [0, 0.1) is 5.92 Å². The van der Waals surface area contributed by atoms with Gasteiger partial charge in [-0.15, -0.1) is 0 Å². The standard InChI is InChI=1S/C39H44N3O15PS/c1-25(2)34(43)49-19-22-52-37(46)40-28-7-13-31(14-8-28)55-58(59,56-32-15-9-29(10-16-32)41-38(47)53-23-20-50-35(44)26(3)4)57-33-17-11-30(12-18-33)42-39(48)54-24-21-51-36(45)27(5)6/h7-18,27H,1,3,19-24H2,2,4-6H3,(H,40,46)(H,41,47)(H,42,48). The minimum Gasteiger partial charge on any atom is -0.462 e. The van der Waals surface area contributed by atoms with Crippen LogP contribution in [-0.4, -0.2) is 75.8 Å². The molecular weight excluding hydrogens is 813 g/mol. The summed E-state index contributed by atoms with van der Waals surface area (Å²) in [5.41, 5.74) is 1.45. The van der Waals surface area contributed by atoms with E-state index in [9.17, 15) is 28.8 Å². The van der Waals surface area contributed by atoms with Crippen molar-refractivity contribution in [3.8, 4) is 17.2 Å². The number of ether oxygens (including phenoxy) is 6. The highest BCUT2D eigenvalue weighted by Crippen LogP contribution is 2.50. The molecule has 0 unspecified atom stereocenters. The van der Waals surface area contributed by atoms with Gasteiger partial charge in [-0.2, -0.15) is 0 Å². The van der Waals surface area contributed by atoms with Crippen LogP contribution in [0.4, 0.5) is 31.4 Å². The van der Waals surface area contributed by atoms with Crippen LogP contribution in [0.25, 0.3) is 0 Å². The van der Waals surface area contributed by atoms with Gasteiger partial charge in [-0.1, -0.05) is 27.0 Å². The third kappa shape index (κ3) is 18.0. The van der Waals surface area contributed by atoms with Gasteiger partial charge in [0.2, 0.25) is 0 Å². The largest absolute Gasteiger partial charge is 0.490 e. The monoisotopic (exact) mass is 857 g/mol. The normalized spacial score (nSPS) is 10.5. The molecule has 0 aromatic heterocycles. The zero-order chi connectivity index (χ0) is 43.4. The third-order valence-corrected chi connectivity index (χ3v) is 8.76. The SMILES string of the molecule is C=C(C)C(=O)OCCOC(=O)Nc1ccc(OP(=S)(Oc2ccc(NC(=O)OCCOC(=O)C(=C)C)cc2)Oc2ccc(NC(=O)OCCOC(=O)C(C)C)cc2)cc1. The van der Waals surface area contributed by atoms with Gasteiger partial charge in [0.15, 0.2) is 0 Å². The number of hydrogen-bond donors (Lipinski definition) is 3. The number of anilines is 3. The average Bonchev–Trinajstić information content (AvgIpc) is 3.18. The molecule has 0 heterocycles. The van der Waals surface area contributed by atoms with Gasteiger partial charge < -0.3 is 42.0 Å². The van der Waals surface area contributed by atoms with Gasteiger partial charge in [0, 0.05) is 40.0 Å². The number of nitrogens with one attached hydrogen (secondary N) is 3. The molecule has 3 aromatic carbocycles. The fourth-order valence-electron chi connectivity index (χ4n) is 3.93. The summed E-state index contributed by atoms with van der Waals surface area (Å²) in [5.74, 6) is -1.31. The van der Waals surface area contributed by atoms with Crippen LogP contribution in [0.2, 0.25) is 0 Å². The predicted octanol–water partition coefficient (Wildman–Crippen LogP) is 7.53. The molecule has 59 heavy (non-hydrogen) atoms. The lowest BCUT2D eigenvalue weighted by Gasteiger charge is -2.23. The lowest BCUT2D eigenvalue weighted by atomic mass is 10.2. The quantitative estimate of drug-likeness (QED) is 0.0310. The number of esters is 3. The number of carbonyl (C=O) groups excluding carboxylic acids is 6. The van der Waals surface area contributed by atoms with Crippen molar-refractivity contribution in [3.63, 3.8) is 0 Å². The Kier molecular flexibility index (Phi) is 18.7. The maximum absolute atomic E-state index is 12.2. The summed E-state index contributed by atoms with van der Waals surface area (Å²) in [6, 6.07) is 18.1. The zero-order valence-electron chi connectivity index (χ0n) is 32.6. The molecule has 0 aliphatic carbocycles. The molecular formula is C39H44N3O15PS. The fraction of sp³-hybridized carbons (Fsp3) is 0.282. The molecule has 3 N–H and O–H groups in total. The molecule has 20 heteroatoms. The van der Waals surface area contributed by atoms with Crippen molar-refractivity contribution in [1.82, 2.24) is 0 Å². The van der Waals surface area contributed by atoms with E-state index in [4.69, 9.17) is 53.8 Å². The highest BCUT2D eigenvalue weighted by Gasteiger charge is 2.27. The van der Waals surface area contributed by atoms with E-state index in [1.165, 1.54) is 86.6 Å². The van der Waals surface area contributed by atoms with Crippen molar-refractivity contribution in [2.45, 2.75) is 27.7 Å². The van der Waals surface area contributed by atoms with Crippen molar-refractivity contribution in [2.24, 2.45) is 5.92 Å². The van der Waals surface area contributed by atoms with Crippen molar-refractivity contribution >= 4 is 71.8 Å². The van der Waals surface area contributed by atoms with Crippen LogP contribution in [-0.2, 0) is 54.6 Å². The summed E-state index contributed by atoms with van der Waals surface area (Å²) in [6.45, 7) is 8.65. The second kappa shape index (κ2) is 23.6. The lowest BCUT2D eigenvalue weighted by Crippen LogP contribution is -2.19. The van der Waals surface area contributed by atoms with E-state index in [1.54, 1.807) is 13.8 Å². The van der Waals surface area contributed by atoms with E-state index in [0.29, 0.717) is 17.1 Å². The Morgan fingerprint density at radius 2 is 0.780 bits per heavy atom. The fourth-order valence-corrected chi connectivity index (χ4v) is 5.96. The van der Waals surface area contributed by atoms with Gasteiger partial charge >= 0.3 is 42.9 Å². The van der Waals surface area contributed by atoms with Gasteiger partial charge in [-0.25, -0.2) is 24.0 Å². The topological polar surface area (TPSA) is 222 Å². The minimum absolute atomic E-state index is 0.0911. The van der Waals surface area contributed by atoms with Gasteiger partial charge in [0.05, 0.1) is 5.92 Å². The van der Waals surface area contributed by atoms with E-state index in [1.807, 2.05) is 0 Å². The van der Waals surface area contributed by atoms with Crippen LogP contribution < -0.4 is 29.5 Å². The summed E-state index contributed by atoms with van der Waals surface area (Å²) >= 11 is 5.79. The van der Waals surface area contributed by atoms with Crippen LogP contribution >= 0.6 is 6.72 Å². The molecule has 0 radical (unpaired) electrons. The third-order valence-electron chi connectivity index (χ3n) is 6.78. The number of amides is 3. The molecule has 18 nitrogen and oxygen atoms in total. The number of benzene rings is 3. The second-order valence-electron chi connectivity index (χ2n) is 12.2. The van der Waals surface area contributed by atoms with Gasteiger partial charge in [0.1, 0.15) is 56.9 Å². The number of hydrogen-bond acceptors (Lipinski definition) is 16. The Hall–Kier alpha value is -6.59. The summed E-state index contributed by atoms with van der Waals surface area (Å²) in [6.07, 6.45) is -2.37. The molecule has 0 saturated carbocycles. The average molecular weight is 858 g/mol. The lowest BCUT2D eigenvalue weighted by molar-refractivity contribution is -0.148. The van der Waals surface area contributed by atoms with E-state index in [2.05, 4.69) is 29.1 Å². The molecule has 3 rings (SSSR count). The van der Waals surface area contributed by atoms with Gasteiger partial charge in [-0.3, -0.25) is 20.7 Å². The molecule has 316 valence electrons. The predicted molar refractivity (Wildman–Crippen MR) is 218 cm³/mol. The molecule has 3 amide bonds. The first-order chi connectivity index (χ1) is 28.0. The highest BCUT2D eigenvalue weighted by molar-refractivity contribution is 8.08. The summed E-state index contributed by atoms with van der Waals surface area (Å²) in [7, 11) is 0. The van der Waals surface area contributed by atoms with E-state index < -0.39 is 42.9 Å². The zero-order valence-corrected chi connectivity index (χ0v) is 34.4. The Bertz CT molecular complexity index is 1910. The van der Waals surface area contributed by atoms with Crippen molar-refractivity contribution in [1.29, 1.82) is 0 Å². The minimum atomic E-state index is -3.75. The van der Waals surface area contributed by atoms with Crippen molar-refractivity contribution < 1.29 is 70.8 Å². The van der Waals surface area contributed by atoms with Crippen LogP contribution in [0.5, 0.6) is 17.2 Å².